The van der Waals surface area contributed by atoms with Crippen molar-refractivity contribution < 1.29 is 4.79 Å². The van der Waals surface area contributed by atoms with E-state index in [1.165, 1.54) is 0 Å². The fourth-order valence-electron chi connectivity index (χ4n) is 1.89. The Balaban J connectivity index is 1.91. The van der Waals surface area contributed by atoms with Crippen LogP contribution in [0.15, 0.2) is 48.9 Å². The summed E-state index contributed by atoms with van der Waals surface area (Å²) in [6.45, 7) is 0. The minimum absolute atomic E-state index is 0.179. The van der Waals surface area contributed by atoms with Gasteiger partial charge in [-0.3, -0.25) is 4.79 Å². The number of carbonyl (C=O) groups is 1. The molecule has 5 heteroatoms. The van der Waals surface area contributed by atoms with E-state index in [9.17, 15) is 4.79 Å². The predicted molar refractivity (Wildman–Crippen MR) is 72.9 cm³/mol. The zero-order valence-corrected chi connectivity index (χ0v) is 10.4. The van der Waals surface area contributed by atoms with Crippen LogP contribution in [0, 0.1) is 0 Å². The van der Waals surface area contributed by atoms with Crippen molar-refractivity contribution in [2.45, 2.75) is 0 Å². The van der Waals surface area contributed by atoms with Crippen LogP contribution in [-0.4, -0.2) is 20.4 Å². The van der Waals surface area contributed by atoms with Crippen LogP contribution in [0.1, 0.15) is 10.4 Å². The SMILES string of the molecule is Cn1cnc2ccc(C(=O)Nc3ccccn3)cc21. The molecule has 3 aromatic rings. The molecular weight excluding hydrogens is 240 g/mol. The molecule has 1 amide bonds. The van der Waals surface area contributed by atoms with E-state index in [-0.39, 0.29) is 5.91 Å². The molecule has 0 unspecified atom stereocenters. The first kappa shape index (κ1) is 11.4. The zero-order chi connectivity index (χ0) is 13.2. The van der Waals surface area contributed by atoms with E-state index in [1.54, 1.807) is 30.7 Å². The number of anilines is 1. The van der Waals surface area contributed by atoms with Crippen LogP contribution in [0.5, 0.6) is 0 Å². The fraction of sp³-hybridized carbons (Fsp3) is 0.0714. The summed E-state index contributed by atoms with van der Waals surface area (Å²) in [5, 5.41) is 2.75. The maximum atomic E-state index is 12.1. The highest BCUT2D eigenvalue weighted by molar-refractivity contribution is 6.05. The van der Waals surface area contributed by atoms with Gasteiger partial charge >= 0.3 is 0 Å². The quantitative estimate of drug-likeness (QED) is 0.760. The molecule has 0 aliphatic rings. The number of rotatable bonds is 2. The van der Waals surface area contributed by atoms with Gasteiger partial charge in [0.25, 0.3) is 5.91 Å². The van der Waals surface area contributed by atoms with Crippen molar-refractivity contribution in [3.8, 4) is 0 Å². The molecular formula is C14H12N4O. The summed E-state index contributed by atoms with van der Waals surface area (Å²) in [5.74, 6) is 0.361. The Kier molecular flexibility index (Phi) is 2.72. The lowest BCUT2D eigenvalue weighted by atomic mass is 10.2. The molecule has 2 aromatic heterocycles. The van der Waals surface area contributed by atoms with E-state index in [4.69, 9.17) is 0 Å². The first-order chi connectivity index (χ1) is 9.24. The Labute approximate surface area is 109 Å². The first-order valence-corrected chi connectivity index (χ1v) is 5.87. The molecule has 0 atom stereocenters. The predicted octanol–water partition coefficient (Wildman–Crippen LogP) is 2.22. The van der Waals surface area contributed by atoms with E-state index in [0.717, 1.165) is 11.0 Å². The van der Waals surface area contributed by atoms with E-state index < -0.39 is 0 Å². The summed E-state index contributed by atoms with van der Waals surface area (Å²) in [4.78, 5) is 20.4. The molecule has 2 heterocycles. The Bertz CT molecular complexity index is 734. The molecule has 1 N–H and O–H groups in total. The number of amides is 1. The molecule has 5 nitrogen and oxygen atoms in total. The highest BCUT2D eigenvalue weighted by atomic mass is 16.1. The molecule has 3 rings (SSSR count). The van der Waals surface area contributed by atoms with E-state index in [0.29, 0.717) is 11.4 Å². The number of carbonyl (C=O) groups excluding carboxylic acids is 1. The standard InChI is InChI=1S/C14H12N4O/c1-18-9-16-11-6-5-10(8-12(11)18)14(19)17-13-4-2-3-7-15-13/h2-9H,1H3,(H,15,17,19). The lowest BCUT2D eigenvalue weighted by molar-refractivity contribution is 0.102. The summed E-state index contributed by atoms with van der Waals surface area (Å²) in [6.07, 6.45) is 3.37. The molecule has 0 radical (unpaired) electrons. The topological polar surface area (TPSA) is 59.8 Å². The van der Waals surface area contributed by atoms with Crippen LogP contribution < -0.4 is 5.32 Å². The number of aryl methyl sites for hydroxylation is 1. The number of nitrogens with one attached hydrogen (secondary N) is 1. The number of hydrogen-bond acceptors (Lipinski definition) is 3. The van der Waals surface area contributed by atoms with Gasteiger partial charge in [-0.25, -0.2) is 9.97 Å². The Morgan fingerprint density at radius 2 is 2.11 bits per heavy atom. The van der Waals surface area contributed by atoms with Crippen molar-refractivity contribution >= 4 is 22.8 Å². The summed E-state index contributed by atoms with van der Waals surface area (Å²) < 4.78 is 1.88. The third kappa shape index (κ3) is 2.18. The van der Waals surface area contributed by atoms with Crippen molar-refractivity contribution in [2.75, 3.05) is 5.32 Å². The van der Waals surface area contributed by atoms with Crippen LogP contribution in [-0.2, 0) is 7.05 Å². The van der Waals surface area contributed by atoms with Crippen molar-refractivity contribution in [2.24, 2.45) is 7.05 Å². The van der Waals surface area contributed by atoms with Gasteiger partial charge in [-0.1, -0.05) is 6.07 Å². The summed E-state index contributed by atoms with van der Waals surface area (Å²) in [5.41, 5.74) is 2.38. The number of imidazole rings is 1. The molecule has 0 bridgehead atoms. The maximum absolute atomic E-state index is 12.1. The Morgan fingerprint density at radius 1 is 1.21 bits per heavy atom. The van der Waals surface area contributed by atoms with Crippen LogP contribution >= 0.6 is 0 Å². The number of hydrogen-bond donors (Lipinski definition) is 1. The maximum Gasteiger partial charge on any atom is 0.256 e. The second-order valence-electron chi connectivity index (χ2n) is 4.23. The smallest absolute Gasteiger partial charge is 0.256 e. The van der Waals surface area contributed by atoms with Gasteiger partial charge in [0.2, 0.25) is 0 Å². The molecule has 0 fully saturated rings. The summed E-state index contributed by atoms with van der Waals surface area (Å²) >= 11 is 0. The van der Waals surface area contributed by atoms with Gasteiger partial charge in [0, 0.05) is 18.8 Å². The van der Waals surface area contributed by atoms with E-state index in [2.05, 4.69) is 15.3 Å². The lowest BCUT2D eigenvalue weighted by Crippen LogP contribution is -2.12. The second-order valence-corrected chi connectivity index (χ2v) is 4.23. The molecule has 0 saturated heterocycles. The second kappa shape index (κ2) is 4.53. The fourth-order valence-corrected chi connectivity index (χ4v) is 1.89. The van der Waals surface area contributed by atoms with Gasteiger partial charge in [-0.2, -0.15) is 0 Å². The molecule has 0 saturated carbocycles. The van der Waals surface area contributed by atoms with Crippen LogP contribution in [0.25, 0.3) is 11.0 Å². The Morgan fingerprint density at radius 3 is 2.89 bits per heavy atom. The molecule has 19 heavy (non-hydrogen) atoms. The van der Waals surface area contributed by atoms with Crippen LogP contribution in [0.3, 0.4) is 0 Å². The first-order valence-electron chi connectivity index (χ1n) is 5.87. The summed E-state index contributed by atoms with van der Waals surface area (Å²) in [7, 11) is 1.90. The summed E-state index contributed by atoms with van der Waals surface area (Å²) in [6, 6.07) is 10.8. The van der Waals surface area contributed by atoms with Crippen molar-refractivity contribution in [3.05, 3.63) is 54.5 Å². The highest BCUT2D eigenvalue weighted by Crippen LogP contribution is 2.15. The zero-order valence-electron chi connectivity index (χ0n) is 10.4. The number of fused-ring (bicyclic) bond motifs is 1. The van der Waals surface area contributed by atoms with E-state index >= 15 is 0 Å². The van der Waals surface area contributed by atoms with Gasteiger partial charge < -0.3 is 9.88 Å². The Hall–Kier alpha value is -2.69. The van der Waals surface area contributed by atoms with E-state index in [1.807, 2.05) is 29.8 Å². The molecule has 94 valence electrons. The normalized spacial score (nSPS) is 10.6. The number of pyridine rings is 1. The minimum Gasteiger partial charge on any atom is -0.334 e. The van der Waals surface area contributed by atoms with Gasteiger partial charge in [-0.15, -0.1) is 0 Å². The lowest BCUT2D eigenvalue weighted by Gasteiger charge is -2.04. The molecule has 1 aromatic carbocycles. The van der Waals surface area contributed by atoms with Gasteiger partial charge in [0.05, 0.1) is 17.4 Å². The third-order valence-corrected chi connectivity index (χ3v) is 2.89. The highest BCUT2D eigenvalue weighted by Gasteiger charge is 2.09. The van der Waals surface area contributed by atoms with Gasteiger partial charge in [0.15, 0.2) is 0 Å². The number of nitrogens with zero attached hydrogens (tertiary/aromatic N) is 3. The average molecular weight is 252 g/mol. The molecule has 0 aliphatic carbocycles. The number of benzene rings is 1. The van der Waals surface area contributed by atoms with Crippen molar-refractivity contribution in [1.82, 2.24) is 14.5 Å². The average Bonchev–Trinajstić information content (AvgIpc) is 2.81. The minimum atomic E-state index is -0.179. The number of aromatic nitrogens is 3. The van der Waals surface area contributed by atoms with Crippen molar-refractivity contribution in [3.63, 3.8) is 0 Å². The monoisotopic (exact) mass is 252 g/mol. The van der Waals surface area contributed by atoms with Gasteiger partial charge in [-0.05, 0) is 30.3 Å². The largest absolute Gasteiger partial charge is 0.334 e. The molecule has 0 spiro atoms. The van der Waals surface area contributed by atoms with Crippen LogP contribution in [0.4, 0.5) is 5.82 Å². The van der Waals surface area contributed by atoms with Crippen LogP contribution in [0.2, 0.25) is 0 Å². The third-order valence-electron chi connectivity index (χ3n) is 2.89. The van der Waals surface area contributed by atoms with Crippen molar-refractivity contribution in [1.29, 1.82) is 0 Å². The molecule has 0 aliphatic heterocycles. The van der Waals surface area contributed by atoms with Gasteiger partial charge in [0.1, 0.15) is 5.82 Å².